The van der Waals surface area contributed by atoms with Gasteiger partial charge in [0, 0.05) is 31.5 Å². The minimum atomic E-state index is -0.294. The maximum atomic E-state index is 13.0. The lowest BCUT2D eigenvalue weighted by molar-refractivity contribution is 0.0946. The van der Waals surface area contributed by atoms with Gasteiger partial charge in [0.1, 0.15) is 11.5 Å². The molecule has 27 heavy (non-hydrogen) atoms. The number of benzene rings is 2. The van der Waals surface area contributed by atoms with Crippen LogP contribution in [-0.2, 0) is 13.1 Å². The third-order valence-corrected chi connectivity index (χ3v) is 4.31. The van der Waals surface area contributed by atoms with Gasteiger partial charge in [-0.3, -0.25) is 9.78 Å². The zero-order chi connectivity index (χ0) is 19.1. The van der Waals surface area contributed by atoms with Gasteiger partial charge in [-0.05, 0) is 42.3 Å². The number of amides is 1. The second-order valence-corrected chi connectivity index (χ2v) is 6.21. The molecule has 4 nitrogen and oxygen atoms in total. The second-order valence-electron chi connectivity index (χ2n) is 6.21. The van der Waals surface area contributed by atoms with Gasteiger partial charge in [-0.2, -0.15) is 0 Å². The summed E-state index contributed by atoms with van der Waals surface area (Å²) < 4.78 is 13.0. The fourth-order valence-electron chi connectivity index (χ4n) is 2.80. The summed E-state index contributed by atoms with van der Waals surface area (Å²) in [4.78, 5) is 18.8. The molecule has 138 valence electrons. The summed E-state index contributed by atoms with van der Waals surface area (Å²) in [6.07, 6.45) is 1.65. The Morgan fingerprint density at radius 2 is 1.78 bits per heavy atom. The quantitative estimate of drug-likeness (QED) is 0.685. The SMILES string of the molecule is CCN(Cc1ccccc1)c1ccnc(C(=O)NCc2ccc(F)cc2)c1. The van der Waals surface area contributed by atoms with Crippen molar-refractivity contribution >= 4 is 11.6 Å². The molecule has 3 aromatic rings. The minimum Gasteiger partial charge on any atom is -0.367 e. The van der Waals surface area contributed by atoms with Gasteiger partial charge in [-0.25, -0.2) is 4.39 Å². The predicted octanol–water partition coefficient (Wildman–Crippen LogP) is 4.18. The zero-order valence-electron chi connectivity index (χ0n) is 15.2. The number of hydrogen-bond donors (Lipinski definition) is 1. The van der Waals surface area contributed by atoms with Crippen molar-refractivity contribution in [2.45, 2.75) is 20.0 Å². The van der Waals surface area contributed by atoms with Crippen LogP contribution >= 0.6 is 0 Å². The zero-order valence-corrected chi connectivity index (χ0v) is 15.2. The van der Waals surface area contributed by atoms with Crippen LogP contribution in [0.2, 0.25) is 0 Å². The smallest absolute Gasteiger partial charge is 0.270 e. The van der Waals surface area contributed by atoms with Gasteiger partial charge >= 0.3 is 0 Å². The average molecular weight is 363 g/mol. The predicted molar refractivity (Wildman–Crippen MR) is 105 cm³/mol. The van der Waals surface area contributed by atoms with Crippen LogP contribution < -0.4 is 10.2 Å². The lowest BCUT2D eigenvalue weighted by atomic mass is 10.2. The molecule has 1 heterocycles. The lowest BCUT2D eigenvalue weighted by Gasteiger charge is -2.23. The standard InChI is InChI=1S/C22H22FN3O/c1-2-26(16-18-6-4-3-5-7-18)20-12-13-24-21(14-20)22(27)25-15-17-8-10-19(23)11-9-17/h3-14H,2,15-16H2,1H3,(H,25,27). The van der Waals surface area contributed by atoms with Gasteiger partial charge < -0.3 is 10.2 Å². The topological polar surface area (TPSA) is 45.2 Å². The number of hydrogen-bond acceptors (Lipinski definition) is 3. The van der Waals surface area contributed by atoms with Crippen LogP contribution in [0.25, 0.3) is 0 Å². The molecule has 5 heteroatoms. The molecule has 0 aliphatic carbocycles. The van der Waals surface area contributed by atoms with Crippen molar-refractivity contribution in [3.8, 4) is 0 Å². The maximum absolute atomic E-state index is 13.0. The number of carbonyl (C=O) groups is 1. The Morgan fingerprint density at radius 1 is 1.04 bits per heavy atom. The molecular formula is C22H22FN3O. The summed E-state index contributed by atoms with van der Waals surface area (Å²) in [7, 11) is 0. The van der Waals surface area contributed by atoms with Crippen LogP contribution in [0.5, 0.6) is 0 Å². The van der Waals surface area contributed by atoms with E-state index in [-0.39, 0.29) is 11.7 Å². The summed E-state index contributed by atoms with van der Waals surface area (Å²) in [6.45, 7) is 3.98. The number of rotatable bonds is 7. The first-order valence-electron chi connectivity index (χ1n) is 8.93. The molecule has 0 unspecified atom stereocenters. The summed E-state index contributed by atoms with van der Waals surface area (Å²) in [5.74, 6) is -0.547. The molecule has 0 radical (unpaired) electrons. The fraction of sp³-hybridized carbons (Fsp3) is 0.182. The molecule has 0 spiro atoms. The molecule has 0 bridgehead atoms. The molecule has 1 aromatic heterocycles. The first kappa shape index (κ1) is 18.6. The first-order valence-corrected chi connectivity index (χ1v) is 8.93. The van der Waals surface area contributed by atoms with Crippen LogP contribution in [0.15, 0.2) is 72.9 Å². The van der Waals surface area contributed by atoms with Gasteiger partial charge in [-0.1, -0.05) is 42.5 Å². The number of carbonyl (C=O) groups excluding carboxylic acids is 1. The van der Waals surface area contributed by atoms with Crippen LogP contribution in [0.3, 0.4) is 0 Å². The van der Waals surface area contributed by atoms with Crippen molar-refractivity contribution in [2.75, 3.05) is 11.4 Å². The van der Waals surface area contributed by atoms with E-state index in [9.17, 15) is 9.18 Å². The summed E-state index contributed by atoms with van der Waals surface area (Å²) in [6, 6.07) is 20.0. The Hall–Kier alpha value is -3.21. The molecule has 0 saturated heterocycles. The highest BCUT2D eigenvalue weighted by molar-refractivity contribution is 5.93. The summed E-state index contributed by atoms with van der Waals surface area (Å²) in [5, 5.41) is 2.83. The molecule has 0 aliphatic rings. The third-order valence-electron chi connectivity index (χ3n) is 4.31. The minimum absolute atomic E-state index is 0.253. The second kappa shape index (κ2) is 8.94. The van der Waals surface area contributed by atoms with E-state index in [1.54, 1.807) is 24.4 Å². The molecule has 0 fully saturated rings. The van der Waals surface area contributed by atoms with Crippen LogP contribution in [0.4, 0.5) is 10.1 Å². The summed E-state index contributed by atoms with van der Waals surface area (Å²) >= 11 is 0. The number of pyridine rings is 1. The van der Waals surface area contributed by atoms with Crippen LogP contribution in [0.1, 0.15) is 28.5 Å². The van der Waals surface area contributed by atoms with Gasteiger partial charge in [0.15, 0.2) is 0 Å². The van der Waals surface area contributed by atoms with Crippen molar-refractivity contribution in [3.05, 3.63) is 95.6 Å². The third kappa shape index (κ3) is 5.14. The van der Waals surface area contributed by atoms with Gasteiger partial charge in [0.2, 0.25) is 0 Å². The molecule has 0 atom stereocenters. The number of anilines is 1. The highest BCUT2D eigenvalue weighted by atomic mass is 19.1. The van der Waals surface area contributed by atoms with Crippen molar-refractivity contribution in [2.24, 2.45) is 0 Å². The van der Waals surface area contributed by atoms with Crippen molar-refractivity contribution in [1.29, 1.82) is 0 Å². The number of nitrogens with one attached hydrogen (secondary N) is 1. The van der Waals surface area contributed by atoms with Crippen LogP contribution in [-0.4, -0.2) is 17.4 Å². The van der Waals surface area contributed by atoms with Gasteiger partial charge in [0.25, 0.3) is 5.91 Å². The molecule has 1 amide bonds. The molecule has 1 N–H and O–H groups in total. The van der Waals surface area contributed by atoms with E-state index in [4.69, 9.17) is 0 Å². The first-order chi connectivity index (χ1) is 13.2. The Kier molecular flexibility index (Phi) is 6.15. The molecule has 0 aliphatic heterocycles. The Bertz CT molecular complexity index is 882. The fourth-order valence-corrected chi connectivity index (χ4v) is 2.80. The largest absolute Gasteiger partial charge is 0.367 e. The molecule has 2 aromatic carbocycles. The number of nitrogens with zero attached hydrogens (tertiary/aromatic N) is 2. The van der Waals surface area contributed by atoms with Crippen LogP contribution in [0, 0.1) is 5.82 Å². The van der Waals surface area contributed by atoms with Gasteiger partial charge in [-0.15, -0.1) is 0 Å². The van der Waals surface area contributed by atoms with E-state index >= 15 is 0 Å². The highest BCUT2D eigenvalue weighted by Gasteiger charge is 2.11. The van der Waals surface area contributed by atoms with E-state index < -0.39 is 0 Å². The molecule has 0 saturated carbocycles. The Morgan fingerprint density at radius 3 is 2.48 bits per heavy atom. The van der Waals surface area contributed by atoms with Crippen molar-refractivity contribution in [1.82, 2.24) is 10.3 Å². The van der Waals surface area contributed by atoms with E-state index in [1.807, 2.05) is 24.3 Å². The molecular weight excluding hydrogens is 341 g/mol. The summed E-state index contributed by atoms with van der Waals surface area (Å²) in [5.41, 5.74) is 3.35. The van der Waals surface area contributed by atoms with Crippen molar-refractivity contribution in [3.63, 3.8) is 0 Å². The lowest BCUT2D eigenvalue weighted by Crippen LogP contribution is -2.25. The Balaban J connectivity index is 1.67. The van der Waals surface area contributed by atoms with E-state index in [0.717, 1.165) is 24.3 Å². The highest BCUT2D eigenvalue weighted by Crippen LogP contribution is 2.17. The average Bonchev–Trinajstić information content (AvgIpc) is 2.72. The number of aromatic nitrogens is 1. The van der Waals surface area contributed by atoms with E-state index in [0.29, 0.717) is 12.2 Å². The molecule has 3 rings (SSSR count). The van der Waals surface area contributed by atoms with E-state index in [2.05, 4.69) is 34.3 Å². The van der Waals surface area contributed by atoms with Crippen molar-refractivity contribution < 1.29 is 9.18 Å². The maximum Gasteiger partial charge on any atom is 0.270 e. The monoisotopic (exact) mass is 363 g/mol. The Labute approximate surface area is 158 Å². The normalized spacial score (nSPS) is 10.4. The number of halogens is 1. The van der Waals surface area contributed by atoms with E-state index in [1.165, 1.54) is 17.7 Å². The van der Waals surface area contributed by atoms with Gasteiger partial charge in [0.05, 0.1) is 0 Å².